The van der Waals surface area contributed by atoms with Crippen molar-refractivity contribution in [3.63, 3.8) is 0 Å². The van der Waals surface area contributed by atoms with Gasteiger partial charge in [0.25, 0.3) is 0 Å². The van der Waals surface area contributed by atoms with Gasteiger partial charge in [0.05, 0.1) is 10.1 Å². The maximum atomic E-state index is 12.7. The monoisotopic (exact) mass is 354 g/mol. The van der Waals surface area contributed by atoms with E-state index in [0.29, 0.717) is 10.0 Å². The fraction of sp³-hybridized carbons (Fsp3) is 0.188. The van der Waals surface area contributed by atoms with Crippen LogP contribution in [0.3, 0.4) is 0 Å². The number of hydrogen-bond donors (Lipinski definition) is 0. The fourth-order valence-corrected chi connectivity index (χ4v) is 5.11. The third-order valence-corrected chi connectivity index (χ3v) is 6.68. The van der Waals surface area contributed by atoms with E-state index in [-0.39, 0.29) is 10.8 Å². The van der Waals surface area contributed by atoms with E-state index >= 15 is 0 Å². The van der Waals surface area contributed by atoms with Gasteiger partial charge in [0.2, 0.25) is 0 Å². The van der Waals surface area contributed by atoms with E-state index in [1.54, 1.807) is 24.3 Å². The van der Waals surface area contributed by atoms with Crippen LogP contribution in [0.25, 0.3) is 0 Å². The van der Waals surface area contributed by atoms with E-state index in [4.69, 9.17) is 23.2 Å². The Kier molecular flexibility index (Phi) is 4.02. The van der Waals surface area contributed by atoms with Crippen molar-refractivity contribution >= 4 is 39.3 Å². The highest BCUT2D eigenvalue weighted by Gasteiger charge is 2.58. The van der Waals surface area contributed by atoms with Crippen molar-refractivity contribution in [2.45, 2.75) is 16.1 Å². The average Bonchev–Trinajstić information content (AvgIpc) is 3.24. The summed E-state index contributed by atoms with van der Waals surface area (Å²) in [5.74, 6) is -0.850. The Labute approximate surface area is 138 Å². The lowest BCUT2D eigenvalue weighted by Crippen LogP contribution is -2.10. The van der Waals surface area contributed by atoms with Gasteiger partial charge in [-0.1, -0.05) is 35.3 Å². The van der Waals surface area contributed by atoms with Gasteiger partial charge in [-0.05, 0) is 42.0 Å². The quantitative estimate of drug-likeness (QED) is 0.785. The molecule has 114 valence electrons. The molecule has 3 atom stereocenters. The second kappa shape index (κ2) is 5.69. The summed E-state index contributed by atoms with van der Waals surface area (Å²) in [4.78, 5) is 11.4. The molecule has 3 rings (SSSR count). The summed E-state index contributed by atoms with van der Waals surface area (Å²) < 4.78 is 25.4. The summed E-state index contributed by atoms with van der Waals surface area (Å²) in [5.41, 5.74) is 0.809. The van der Waals surface area contributed by atoms with E-state index < -0.39 is 21.0 Å². The van der Waals surface area contributed by atoms with Crippen LogP contribution in [-0.4, -0.2) is 20.0 Å². The van der Waals surface area contributed by atoms with Gasteiger partial charge in [-0.2, -0.15) is 0 Å². The van der Waals surface area contributed by atoms with Gasteiger partial charge in [-0.25, -0.2) is 8.42 Å². The molecule has 2 aromatic rings. The Morgan fingerprint density at radius 2 is 1.36 bits per heavy atom. The molecule has 0 N–H and O–H groups in total. The zero-order valence-electron chi connectivity index (χ0n) is 11.3. The predicted molar refractivity (Wildman–Crippen MR) is 86.2 cm³/mol. The van der Waals surface area contributed by atoms with E-state index in [1.807, 2.05) is 0 Å². The highest BCUT2D eigenvalue weighted by atomic mass is 35.5. The molecule has 1 fully saturated rings. The Bertz CT molecular complexity index is 798. The van der Waals surface area contributed by atoms with Gasteiger partial charge < -0.3 is 4.79 Å². The molecule has 6 heteroatoms. The number of aldehydes is 1. The zero-order valence-corrected chi connectivity index (χ0v) is 13.6. The van der Waals surface area contributed by atoms with Crippen LogP contribution in [0.1, 0.15) is 11.5 Å². The van der Waals surface area contributed by atoms with Crippen molar-refractivity contribution in [1.82, 2.24) is 0 Å². The maximum Gasteiger partial charge on any atom is 0.182 e. The van der Waals surface area contributed by atoms with Gasteiger partial charge in [0, 0.05) is 21.9 Å². The Morgan fingerprint density at radius 3 is 1.86 bits per heavy atom. The molecule has 22 heavy (non-hydrogen) atoms. The number of benzene rings is 2. The summed E-state index contributed by atoms with van der Waals surface area (Å²) in [6.45, 7) is 0. The van der Waals surface area contributed by atoms with Crippen LogP contribution in [0.5, 0.6) is 0 Å². The third kappa shape index (κ3) is 2.67. The van der Waals surface area contributed by atoms with E-state index in [0.717, 1.165) is 11.8 Å². The molecule has 0 radical (unpaired) electrons. The number of halogens is 2. The molecule has 0 saturated heterocycles. The smallest absolute Gasteiger partial charge is 0.182 e. The highest BCUT2D eigenvalue weighted by Crippen LogP contribution is 2.52. The van der Waals surface area contributed by atoms with Crippen molar-refractivity contribution in [2.24, 2.45) is 5.92 Å². The largest absolute Gasteiger partial charge is 0.303 e. The first kappa shape index (κ1) is 15.5. The molecule has 0 unspecified atom stereocenters. The molecule has 0 bridgehead atoms. The van der Waals surface area contributed by atoms with Crippen molar-refractivity contribution < 1.29 is 13.2 Å². The van der Waals surface area contributed by atoms with Crippen LogP contribution in [-0.2, 0) is 14.6 Å². The maximum absolute atomic E-state index is 12.7. The molecule has 0 spiro atoms. The Morgan fingerprint density at radius 1 is 0.864 bits per heavy atom. The van der Waals surface area contributed by atoms with Gasteiger partial charge in [-0.15, -0.1) is 0 Å². The van der Waals surface area contributed by atoms with Gasteiger partial charge >= 0.3 is 0 Å². The number of rotatable bonds is 4. The standard InChI is InChI=1S/C16H12Cl2O3S/c17-11-3-1-10(2-4-11)15-14(9-19)16(15)22(20,21)13-7-5-12(18)6-8-13/h1-9,14-16H/t14-,15+,16-/m1/s1. The molecule has 2 aromatic carbocycles. The van der Waals surface area contributed by atoms with Crippen LogP contribution in [0.15, 0.2) is 53.4 Å². The first-order chi connectivity index (χ1) is 10.4. The molecule has 0 aromatic heterocycles. The SMILES string of the molecule is O=C[C@@H]1[C@H](c2ccc(Cl)cc2)[C@@H]1S(=O)(=O)c1ccc(Cl)cc1. The molecule has 0 heterocycles. The van der Waals surface area contributed by atoms with Gasteiger partial charge in [0.15, 0.2) is 9.84 Å². The second-order valence-corrected chi connectivity index (χ2v) is 8.23. The van der Waals surface area contributed by atoms with Crippen LogP contribution >= 0.6 is 23.2 Å². The molecule has 1 saturated carbocycles. The zero-order chi connectivity index (χ0) is 15.9. The molecular weight excluding hydrogens is 343 g/mol. The second-order valence-electron chi connectivity index (χ2n) is 5.25. The average molecular weight is 355 g/mol. The Hall–Kier alpha value is -1.36. The normalized spacial score (nSPS) is 24.0. The minimum absolute atomic E-state index is 0.185. The molecular formula is C16H12Cl2O3S. The lowest BCUT2D eigenvalue weighted by Gasteiger charge is -2.04. The van der Waals surface area contributed by atoms with Crippen LogP contribution in [0, 0.1) is 5.92 Å². The highest BCUT2D eigenvalue weighted by molar-refractivity contribution is 7.92. The van der Waals surface area contributed by atoms with Gasteiger partial charge in [0.1, 0.15) is 6.29 Å². The van der Waals surface area contributed by atoms with Crippen molar-refractivity contribution in [3.8, 4) is 0 Å². The summed E-state index contributed by atoms with van der Waals surface area (Å²) in [6, 6.07) is 12.9. The minimum Gasteiger partial charge on any atom is -0.303 e. The topological polar surface area (TPSA) is 51.2 Å². The summed E-state index contributed by atoms with van der Waals surface area (Å²) in [7, 11) is -3.57. The van der Waals surface area contributed by atoms with Crippen LogP contribution in [0.2, 0.25) is 10.0 Å². The first-order valence-corrected chi connectivity index (χ1v) is 8.95. The van der Waals surface area contributed by atoms with Crippen molar-refractivity contribution in [3.05, 3.63) is 64.1 Å². The molecule has 0 aliphatic heterocycles. The molecule has 1 aliphatic rings. The lowest BCUT2D eigenvalue weighted by molar-refractivity contribution is -0.108. The van der Waals surface area contributed by atoms with E-state index in [1.165, 1.54) is 24.3 Å². The van der Waals surface area contributed by atoms with Gasteiger partial charge in [-0.3, -0.25) is 0 Å². The van der Waals surface area contributed by atoms with Crippen molar-refractivity contribution in [1.29, 1.82) is 0 Å². The van der Waals surface area contributed by atoms with Crippen LogP contribution in [0.4, 0.5) is 0 Å². The molecule has 1 aliphatic carbocycles. The third-order valence-electron chi connectivity index (χ3n) is 3.92. The Balaban J connectivity index is 1.95. The summed E-state index contributed by atoms with van der Waals surface area (Å²) in [5, 5.41) is 0.312. The summed E-state index contributed by atoms with van der Waals surface area (Å²) in [6.07, 6.45) is 0.720. The number of hydrogen-bond acceptors (Lipinski definition) is 3. The van der Waals surface area contributed by atoms with Crippen molar-refractivity contribution in [2.75, 3.05) is 0 Å². The lowest BCUT2D eigenvalue weighted by atomic mass is 10.1. The van der Waals surface area contributed by atoms with E-state index in [9.17, 15) is 13.2 Å². The minimum atomic E-state index is -3.57. The molecule has 0 amide bonds. The number of carbonyl (C=O) groups is 1. The summed E-state index contributed by atoms with van der Waals surface area (Å²) >= 11 is 11.6. The molecule has 3 nitrogen and oxygen atoms in total. The fourth-order valence-electron chi connectivity index (χ4n) is 2.75. The predicted octanol–water partition coefficient (Wildman–Crippen LogP) is 3.75. The van der Waals surface area contributed by atoms with E-state index in [2.05, 4.69) is 0 Å². The first-order valence-electron chi connectivity index (χ1n) is 6.65. The number of sulfone groups is 1. The number of carbonyl (C=O) groups excluding carboxylic acids is 1. The van der Waals surface area contributed by atoms with Crippen LogP contribution < -0.4 is 0 Å².